The summed E-state index contributed by atoms with van der Waals surface area (Å²) in [5.74, 6) is -1.12. The molecule has 3 nitrogen and oxygen atoms in total. The van der Waals surface area contributed by atoms with Crippen LogP contribution in [0.25, 0.3) is 0 Å². The topological polar surface area (TPSA) is 32.7 Å². The van der Waals surface area contributed by atoms with Gasteiger partial charge in [-0.2, -0.15) is 0 Å². The van der Waals surface area contributed by atoms with Gasteiger partial charge in [0.15, 0.2) is 0 Å². The van der Waals surface area contributed by atoms with Gasteiger partial charge < -0.3 is 9.84 Å². The third kappa shape index (κ3) is 2.10. The molecule has 0 spiro atoms. The molecular weight excluding hydrogens is 214 g/mol. The van der Waals surface area contributed by atoms with E-state index >= 15 is 0 Å². The van der Waals surface area contributed by atoms with Crippen molar-refractivity contribution in [2.24, 2.45) is 0 Å². The second-order valence-corrected chi connectivity index (χ2v) is 5.08. The molecule has 0 radical (unpaired) electrons. The molecule has 2 aliphatic heterocycles. The van der Waals surface area contributed by atoms with Crippen LogP contribution in [0.3, 0.4) is 0 Å². The molecule has 2 heterocycles. The first-order chi connectivity index (χ1) is 8.28. The van der Waals surface area contributed by atoms with Gasteiger partial charge in [0, 0.05) is 11.6 Å². The van der Waals surface area contributed by atoms with Gasteiger partial charge in [-0.3, -0.25) is 4.90 Å². The summed E-state index contributed by atoms with van der Waals surface area (Å²) in [5.41, 5.74) is 0.865. The molecule has 0 aromatic heterocycles. The van der Waals surface area contributed by atoms with Gasteiger partial charge in [0.25, 0.3) is 0 Å². The van der Waals surface area contributed by atoms with Crippen molar-refractivity contribution < 1.29 is 9.84 Å². The predicted octanol–water partition coefficient (Wildman–Crippen LogP) is 1.72. The van der Waals surface area contributed by atoms with E-state index in [-0.39, 0.29) is 0 Å². The highest BCUT2D eigenvalue weighted by Crippen LogP contribution is 2.32. The Morgan fingerprint density at radius 1 is 1.24 bits per heavy atom. The van der Waals surface area contributed by atoms with Crippen LogP contribution in [0.15, 0.2) is 30.3 Å². The van der Waals surface area contributed by atoms with E-state index in [9.17, 15) is 5.11 Å². The van der Waals surface area contributed by atoms with Crippen LogP contribution in [-0.2, 0) is 10.5 Å². The molecule has 0 amide bonds. The Balaban J connectivity index is 1.80. The summed E-state index contributed by atoms with van der Waals surface area (Å²) in [4.78, 5) is 2.38. The lowest BCUT2D eigenvalue weighted by Crippen LogP contribution is -2.56. The van der Waals surface area contributed by atoms with Crippen molar-refractivity contribution in [3.05, 3.63) is 35.9 Å². The molecule has 0 unspecified atom stereocenters. The Morgan fingerprint density at radius 3 is 2.88 bits per heavy atom. The molecule has 2 aliphatic rings. The third-order valence-corrected chi connectivity index (χ3v) is 3.91. The molecule has 1 N–H and O–H groups in total. The number of piperidine rings is 1. The summed E-state index contributed by atoms with van der Waals surface area (Å²) in [6, 6.07) is 10.2. The summed E-state index contributed by atoms with van der Waals surface area (Å²) in [5, 5.41) is 10.6. The van der Waals surface area contributed by atoms with Crippen molar-refractivity contribution in [1.29, 1.82) is 0 Å². The summed E-state index contributed by atoms with van der Waals surface area (Å²) < 4.78 is 5.73. The van der Waals surface area contributed by atoms with Gasteiger partial charge in [0.05, 0.1) is 13.2 Å². The number of hydrogen-bond donors (Lipinski definition) is 1. The van der Waals surface area contributed by atoms with Crippen LogP contribution >= 0.6 is 0 Å². The Bertz CT molecular complexity index is 381. The second-order valence-electron chi connectivity index (χ2n) is 5.08. The number of ether oxygens (including phenoxy) is 1. The third-order valence-electron chi connectivity index (χ3n) is 3.91. The number of nitrogens with zero attached hydrogens (tertiary/aromatic N) is 1. The number of morpholine rings is 1. The van der Waals surface area contributed by atoms with Crippen LogP contribution in [0.2, 0.25) is 0 Å². The van der Waals surface area contributed by atoms with Gasteiger partial charge in [-0.05, 0) is 19.4 Å². The molecule has 0 aliphatic carbocycles. The first kappa shape index (κ1) is 11.2. The molecule has 3 rings (SSSR count). The number of fused-ring (bicyclic) bond motifs is 1. The van der Waals surface area contributed by atoms with Gasteiger partial charge in [-0.15, -0.1) is 0 Å². The molecule has 1 aromatic carbocycles. The first-order valence-electron chi connectivity index (χ1n) is 6.44. The molecule has 2 atom stereocenters. The van der Waals surface area contributed by atoms with Crippen molar-refractivity contribution >= 4 is 0 Å². The largest absolute Gasteiger partial charge is 0.361 e. The maximum atomic E-state index is 10.6. The molecule has 3 heteroatoms. The average molecular weight is 233 g/mol. The highest BCUT2D eigenvalue weighted by Gasteiger charge is 2.40. The minimum absolute atomic E-state index is 0.507. The molecule has 17 heavy (non-hydrogen) atoms. The Morgan fingerprint density at radius 2 is 2.06 bits per heavy atom. The molecule has 0 bridgehead atoms. The molecule has 2 fully saturated rings. The van der Waals surface area contributed by atoms with Crippen LogP contribution in [-0.4, -0.2) is 35.7 Å². The van der Waals surface area contributed by atoms with Crippen molar-refractivity contribution in [2.45, 2.75) is 31.1 Å². The lowest BCUT2D eigenvalue weighted by atomic mass is 9.96. The van der Waals surface area contributed by atoms with Crippen LogP contribution < -0.4 is 0 Å². The standard InChI is InChI=1S/C14H19NO2/c16-14(12-6-2-1-3-7-12)11-15-9-5-4-8-13(15)10-17-14/h1-3,6-7,13,16H,4-5,8-11H2/t13-,14-/m0/s1. The SMILES string of the molecule is O[C@@]1(c2ccccc2)CN2CCCC[C@H]2CO1. The van der Waals surface area contributed by atoms with Crippen molar-refractivity contribution in [3.8, 4) is 0 Å². The quantitative estimate of drug-likeness (QED) is 0.801. The molecule has 92 valence electrons. The highest BCUT2D eigenvalue weighted by molar-refractivity contribution is 5.21. The Kier molecular flexibility index (Phi) is 2.90. The van der Waals surface area contributed by atoms with Gasteiger partial charge in [0.2, 0.25) is 5.79 Å². The van der Waals surface area contributed by atoms with Crippen molar-refractivity contribution in [1.82, 2.24) is 4.90 Å². The van der Waals surface area contributed by atoms with Gasteiger partial charge in [0.1, 0.15) is 0 Å². The van der Waals surface area contributed by atoms with Crippen LogP contribution in [0.1, 0.15) is 24.8 Å². The lowest BCUT2D eigenvalue weighted by molar-refractivity contribution is -0.264. The van der Waals surface area contributed by atoms with E-state index in [1.807, 2.05) is 30.3 Å². The zero-order chi connectivity index (χ0) is 11.7. The molecule has 0 saturated carbocycles. The van der Waals surface area contributed by atoms with Gasteiger partial charge >= 0.3 is 0 Å². The zero-order valence-electron chi connectivity index (χ0n) is 10.0. The second kappa shape index (κ2) is 4.41. The van der Waals surface area contributed by atoms with E-state index in [1.54, 1.807) is 0 Å². The number of aliphatic hydroxyl groups is 1. The minimum Gasteiger partial charge on any atom is -0.361 e. The van der Waals surface area contributed by atoms with E-state index in [2.05, 4.69) is 4.90 Å². The van der Waals surface area contributed by atoms with Crippen molar-refractivity contribution in [3.63, 3.8) is 0 Å². The zero-order valence-corrected chi connectivity index (χ0v) is 10.0. The summed E-state index contributed by atoms with van der Waals surface area (Å²) in [6.45, 7) is 2.33. The number of hydrogen-bond acceptors (Lipinski definition) is 3. The van der Waals surface area contributed by atoms with Crippen LogP contribution in [0.4, 0.5) is 0 Å². The van der Waals surface area contributed by atoms with Gasteiger partial charge in [-0.25, -0.2) is 0 Å². The predicted molar refractivity (Wildman–Crippen MR) is 65.5 cm³/mol. The maximum absolute atomic E-state index is 10.6. The monoisotopic (exact) mass is 233 g/mol. The normalized spacial score (nSPS) is 34.3. The maximum Gasteiger partial charge on any atom is 0.205 e. The minimum atomic E-state index is -1.12. The average Bonchev–Trinajstić information content (AvgIpc) is 2.40. The first-order valence-corrected chi connectivity index (χ1v) is 6.44. The Hall–Kier alpha value is -0.900. The number of rotatable bonds is 1. The fourth-order valence-electron chi connectivity index (χ4n) is 2.89. The van der Waals surface area contributed by atoms with Crippen LogP contribution in [0, 0.1) is 0 Å². The lowest BCUT2D eigenvalue weighted by Gasteiger charge is -2.46. The summed E-state index contributed by atoms with van der Waals surface area (Å²) in [6.07, 6.45) is 3.72. The molecular formula is C14H19NO2. The fourth-order valence-corrected chi connectivity index (χ4v) is 2.89. The summed E-state index contributed by atoms with van der Waals surface area (Å²) >= 11 is 0. The van der Waals surface area contributed by atoms with E-state index < -0.39 is 5.79 Å². The van der Waals surface area contributed by atoms with E-state index in [1.165, 1.54) is 19.3 Å². The Labute approximate surface area is 102 Å². The fraction of sp³-hybridized carbons (Fsp3) is 0.571. The smallest absolute Gasteiger partial charge is 0.205 e. The van der Waals surface area contributed by atoms with E-state index in [4.69, 9.17) is 4.74 Å². The number of benzene rings is 1. The highest BCUT2D eigenvalue weighted by atomic mass is 16.6. The van der Waals surface area contributed by atoms with Crippen molar-refractivity contribution in [2.75, 3.05) is 19.7 Å². The van der Waals surface area contributed by atoms with E-state index in [0.29, 0.717) is 19.2 Å². The molecule has 1 aromatic rings. The molecule has 2 saturated heterocycles. The van der Waals surface area contributed by atoms with E-state index in [0.717, 1.165) is 12.1 Å². The van der Waals surface area contributed by atoms with Gasteiger partial charge in [-0.1, -0.05) is 36.8 Å². The summed E-state index contributed by atoms with van der Waals surface area (Å²) in [7, 11) is 0. The van der Waals surface area contributed by atoms with Crippen LogP contribution in [0.5, 0.6) is 0 Å².